The van der Waals surface area contributed by atoms with Crippen LogP contribution in [-0.4, -0.2) is 13.1 Å². The van der Waals surface area contributed by atoms with E-state index in [4.69, 9.17) is 0 Å². The first-order valence-electron chi connectivity index (χ1n) is 8.47. The predicted octanol–water partition coefficient (Wildman–Crippen LogP) is 5.42. The lowest BCUT2D eigenvalue weighted by atomic mass is 10.2. The number of allylic oxidation sites excluding steroid dienone is 1. The Morgan fingerprint density at radius 2 is 1.87 bits per heavy atom. The van der Waals surface area contributed by atoms with Crippen molar-refractivity contribution in [1.82, 2.24) is 0 Å². The monoisotopic (exact) mass is 308 g/mol. The van der Waals surface area contributed by atoms with Crippen molar-refractivity contribution in [1.29, 1.82) is 0 Å². The van der Waals surface area contributed by atoms with Crippen molar-refractivity contribution in [3.8, 4) is 0 Å². The van der Waals surface area contributed by atoms with E-state index < -0.39 is 0 Å². The van der Waals surface area contributed by atoms with E-state index in [-0.39, 0.29) is 0 Å². The van der Waals surface area contributed by atoms with Crippen molar-refractivity contribution >= 4 is 11.4 Å². The summed E-state index contributed by atoms with van der Waals surface area (Å²) < 4.78 is 0. The Labute approximate surface area is 140 Å². The van der Waals surface area contributed by atoms with Crippen LogP contribution in [0, 0.1) is 6.92 Å². The highest BCUT2D eigenvalue weighted by Crippen LogP contribution is 2.20. The number of para-hydroxylation sites is 2. The molecule has 122 valence electrons. The summed E-state index contributed by atoms with van der Waals surface area (Å²) >= 11 is 0. The Hall–Kier alpha value is -2.22. The largest absolute Gasteiger partial charge is 0.384 e. The summed E-state index contributed by atoms with van der Waals surface area (Å²) in [4.78, 5) is 0. The topological polar surface area (TPSA) is 24.1 Å². The number of hydrogen-bond acceptors (Lipinski definition) is 2. The van der Waals surface area contributed by atoms with Crippen LogP contribution in [0.3, 0.4) is 0 Å². The summed E-state index contributed by atoms with van der Waals surface area (Å²) in [5.74, 6) is 0. The highest BCUT2D eigenvalue weighted by Gasteiger charge is 2.05. The van der Waals surface area contributed by atoms with Crippen molar-refractivity contribution in [2.75, 3.05) is 23.7 Å². The van der Waals surface area contributed by atoms with Crippen LogP contribution in [0.5, 0.6) is 0 Å². The Morgan fingerprint density at radius 1 is 1.13 bits per heavy atom. The molecule has 0 unspecified atom stereocenters. The minimum Gasteiger partial charge on any atom is -0.384 e. The molecule has 0 saturated heterocycles. The maximum absolute atomic E-state index is 3.40. The first kappa shape index (κ1) is 17.1. The number of rotatable bonds is 4. The molecule has 2 N–H and O–H groups in total. The van der Waals surface area contributed by atoms with Crippen LogP contribution >= 0.6 is 0 Å². The minimum absolute atomic E-state index is 0.921. The fourth-order valence-corrected chi connectivity index (χ4v) is 2.49. The number of nitrogens with one attached hydrogen (secondary N) is 2. The van der Waals surface area contributed by atoms with E-state index in [1.54, 1.807) is 0 Å². The predicted molar refractivity (Wildman–Crippen MR) is 102 cm³/mol. The molecule has 1 aliphatic heterocycles. The Balaban J connectivity index is 0.000000182. The molecule has 2 heteroatoms. The summed E-state index contributed by atoms with van der Waals surface area (Å²) in [7, 11) is 0. The number of aryl methyl sites for hydroxylation is 1. The normalized spacial score (nSPS) is 12.7. The third-order valence-electron chi connectivity index (χ3n) is 4.17. The molecule has 0 radical (unpaired) electrons. The van der Waals surface area contributed by atoms with Crippen LogP contribution in [0.4, 0.5) is 11.4 Å². The molecule has 0 aliphatic carbocycles. The zero-order chi connectivity index (χ0) is 16.5. The minimum atomic E-state index is 0.921. The van der Waals surface area contributed by atoms with Gasteiger partial charge in [-0.2, -0.15) is 0 Å². The molecule has 2 aromatic carbocycles. The van der Waals surface area contributed by atoms with E-state index >= 15 is 0 Å². The Bertz CT molecular complexity index is 621. The fourth-order valence-electron chi connectivity index (χ4n) is 2.49. The van der Waals surface area contributed by atoms with Gasteiger partial charge in [0.2, 0.25) is 0 Å². The van der Waals surface area contributed by atoms with Gasteiger partial charge in [0.25, 0.3) is 0 Å². The molecular formula is C21H28N2. The average Bonchev–Trinajstić information content (AvgIpc) is 3.05. The molecule has 2 aromatic rings. The molecule has 1 heterocycles. The van der Waals surface area contributed by atoms with Gasteiger partial charge in [0.1, 0.15) is 0 Å². The van der Waals surface area contributed by atoms with Gasteiger partial charge < -0.3 is 10.6 Å². The van der Waals surface area contributed by atoms with Crippen molar-refractivity contribution in [2.45, 2.75) is 33.6 Å². The average molecular weight is 308 g/mol. The van der Waals surface area contributed by atoms with Gasteiger partial charge in [-0.05, 0) is 49.9 Å². The first-order chi connectivity index (χ1) is 11.2. The van der Waals surface area contributed by atoms with Gasteiger partial charge in [-0.25, -0.2) is 0 Å². The van der Waals surface area contributed by atoms with Crippen molar-refractivity contribution in [3.63, 3.8) is 0 Å². The van der Waals surface area contributed by atoms with Crippen LogP contribution in [0.2, 0.25) is 0 Å². The second-order valence-corrected chi connectivity index (χ2v) is 5.93. The maximum Gasteiger partial charge on any atom is 0.0373 e. The highest BCUT2D eigenvalue weighted by atomic mass is 14.9. The van der Waals surface area contributed by atoms with E-state index in [2.05, 4.69) is 86.0 Å². The van der Waals surface area contributed by atoms with E-state index in [1.165, 1.54) is 34.5 Å². The molecule has 0 spiro atoms. The zero-order valence-electron chi connectivity index (χ0n) is 14.5. The van der Waals surface area contributed by atoms with Gasteiger partial charge >= 0.3 is 0 Å². The van der Waals surface area contributed by atoms with Crippen LogP contribution in [-0.2, 0) is 6.42 Å². The second kappa shape index (κ2) is 9.04. The molecule has 3 rings (SSSR count). The van der Waals surface area contributed by atoms with Crippen LogP contribution in [0.25, 0.3) is 0 Å². The number of anilines is 2. The lowest BCUT2D eigenvalue weighted by Crippen LogP contribution is -2.00. The summed E-state index contributed by atoms with van der Waals surface area (Å²) in [6.45, 7) is 8.50. The van der Waals surface area contributed by atoms with Crippen LogP contribution in [0.15, 0.2) is 60.2 Å². The molecule has 23 heavy (non-hydrogen) atoms. The lowest BCUT2D eigenvalue weighted by Gasteiger charge is -2.07. The third kappa shape index (κ3) is 5.48. The molecule has 1 aliphatic rings. The maximum atomic E-state index is 3.40. The molecule has 2 nitrogen and oxygen atoms in total. The number of fused-ring (bicyclic) bond motifs is 1. The SMILES string of the molecule is CC/C(C)=C/CNc1ccccc1C.c1ccc2c(c1)CCN2. The second-order valence-electron chi connectivity index (χ2n) is 5.93. The van der Waals surface area contributed by atoms with E-state index in [0.29, 0.717) is 0 Å². The van der Waals surface area contributed by atoms with Gasteiger partial charge in [0.15, 0.2) is 0 Å². The number of benzene rings is 2. The molecule has 0 fully saturated rings. The summed E-state index contributed by atoms with van der Waals surface area (Å²) in [6.07, 6.45) is 4.57. The molecule has 0 saturated carbocycles. The first-order valence-corrected chi connectivity index (χ1v) is 8.47. The van der Waals surface area contributed by atoms with Gasteiger partial charge in [-0.15, -0.1) is 0 Å². The molecule has 0 amide bonds. The molecular weight excluding hydrogens is 280 g/mol. The Kier molecular flexibility index (Phi) is 6.74. The van der Waals surface area contributed by atoms with Crippen molar-refractivity contribution in [3.05, 3.63) is 71.3 Å². The highest BCUT2D eigenvalue weighted by molar-refractivity contribution is 5.54. The lowest BCUT2D eigenvalue weighted by molar-refractivity contribution is 1.08. The van der Waals surface area contributed by atoms with E-state index in [1.807, 2.05) is 0 Å². The number of hydrogen-bond donors (Lipinski definition) is 2. The summed E-state index contributed by atoms with van der Waals surface area (Å²) in [5, 5.41) is 6.70. The summed E-state index contributed by atoms with van der Waals surface area (Å²) in [5.41, 5.74) is 6.74. The van der Waals surface area contributed by atoms with Gasteiger partial charge in [0.05, 0.1) is 0 Å². The van der Waals surface area contributed by atoms with Crippen molar-refractivity contribution < 1.29 is 0 Å². The van der Waals surface area contributed by atoms with Gasteiger partial charge in [-0.3, -0.25) is 0 Å². The zero-order valence-corrected chi connectivity index (χ0v) is 14.5. The third-order valence-corrected chi connectivity index (χ3v) is 4.17. The molecule has 0 bridgehead atoms. The Morgan fingerprint density at radius 3 is 2.61 bits per heavy atom. The van der Waals surface area contributed by atoms with Gasteiger partial charge in [-0.1, -0.05) is 55.0 Å². The molecule has 0 atom stereocenters. The van der Waals surface area contributed by atoms with Crippen molar-refractivity contribution in [2.24, 2.45) is 0 Å². The standard InChI is InChI=1S/C13H19N.C8H9N/c1-4-11(2)9-10-14-13-8-6-5-7-12(13)3;1-2-4-8-7(3-1)5-6-9-8/h5-9,14H,4,10H2,1-3H3;1-4,9H,5-6H2/b11-9+;. The van der Waals surface area contributed by atoms with E-state index in [9.17, 15) is 0 Å². The van der Waals surface area contributed by atoms with Gasteiger partial charge in [0, 0.05) is 24.5 Å². The molecule has 0 aromatic heterocycles. The quantitative estimate of drug-likeness (QED) is 0.737. The van der Waals surface area contributed by atoms with Crippen LogP contribution < -0.4 is 10.6 Å². The summed E-state index contributed by atoms with van der Waals surface area (Å²) in [6, 6.07) is 16.8. The fraction of sp³-hybridized carbons (Fsp3) is 0.333. The van der Waals surface area contributed by atoms with E-state index in [0.717, 1.165) is 19.5 Å². The smallest absolute Gasteiger partial charge is 0.0373 e. The van der Waals surface area contributed by atoms with Crippen LogP contribution in [0.1, 0.15) is 31.4 Å².